The van der Waals surface area contributed by atoms with Crippen molar-refractivity contribution in [3.8, 4) is 5.75 Å². The Bertz CT molecular complexity index is 1890. The number of aliphatic hydroxyl groups is 1. The second-order valence-electron chi connectivity index (χ2n) is 16.2. The number of aromatic amines is 1. The van der Waals surface area contributed by atoms with E-state index in [2.05, 4.69) is 41.5 Å². The number of imidazole rings is 1. The third-order valence-electron chi connectivity index (χ3n) is 11.0. The Labute approximate surface area is 372 Å². The van der Waals surface area contributed by atoms with E-state index in [0.29, 0.717) is 36.3 Å². The van der Waals surface area contributed by atoms with Gasteiger partial charge in [0.25, 0.3) is 0 Å². The molecular weight excluding hydrogens is 833 g/mol. The molecule has 14 N–H and O–H groups in total. The number of amides is 6. The minimum atomic E-state index is -1.37. The molecule has 0 saturated carbocycles. The number of nitrogens with one attached hydrogen (secondary N) is 6. The van der Waals surface area contributed by atoms with Crippen molar-refractivity contribution < 1.29 is 48.5 Å². The molecule has 1 aromatic heterocycles. The van der Waals surface area contributed by atoms with Crippen LogP contribution < -0.4 is 48.5 Å². The smallest absolute Gasteiger partial charge is 0.326 e. The van der Waals surface area contributed by atoms with E-state index in [4.69, 9.17) is 21.9 Å². The van der Waals surface area contributed by atoms with Crippen LogP contribution in [-0.4, -0.2) is 142 Å². The Morgan fingerprint density at radius 3 is 2.12 bits per heavy atom. The SMILES string of the molecule is CC[C@H](C)[C@H](NC(=O)[C@H](Cc1ccc(OC)cc1)NC(=O)[C@@H](NC(=O)[C@@H](N)CCCN=C(N)N)C(C)C)C(=O)N[C@@H](Cc1cnc[nH]1)C(=O)N1CCC[C@@H]1C(=O)N[C@@H](CCO)C(=O)O. The summed E-state index contributed by atoms with van der Waals surface area (Å²) in [5, 5.41) is 32.3. The molecule has 0 radical (unpaired) electrons. The fraction of sp³-hybridized carbons (Fsp3) is 0.595. The number of carbonyl (C=O) groups excluding carboxylic acids is 6. The highest BCUT2D eigenvalue weighted by atomic mass is 16.5. The molecule has 1 aliphatic heterocycles. The summed E-state index contributed by atoms with van der Waals surface area (Å²) in [6.45, 7) is 6.92. The van der Waals surface area contributed by atoms with Crippen molar-refractivity contribution in [2.24, 2.45) is 34.0 Å². The third-order valence-corrected chi connectivity index (χ3v) is 11.0. The van der Waals surface area contributed by atoms with Gasteiger partial charge in [0.2, 0.25) is 35.4 Å². The summed E-state index contributed by atoms with van der Waals surface area (Å²) in [5.74, 6) is -5.84. The number of ether oxygens (including phenoxy) is 1. The quantitative estimate of drug-likeness (QED) is 0.0281. The molecule has 64 heavy (non-hydrogen) atoms. The number of carbonyl (C=O) groups is 7. The van der Waals surface area contributed by atoms with Crippen molar-refractivity contribution >= 4 is 47.4 Å². The van der Waals surface area contributed by atoms with Gasteiger partial charge in [-0.3, -0.25) is 33.8 Å². The van der Waals surface area contributed by atoms with Gasteiger partial charge in [-0.05, 0) is 55.2 Å². The van der Waals surface area contributed by atoms with Crippen LogP contribution in [0, 0.1) is 11.8 Å². The summed E-state index contributed by atoms with van der Waals surface area (Å²) < 4.78 is 5.28. The number of aliphatic imine (C=N–C) groups is 1. The number of aromatic nitrogens is 2. The van der Waals surface area contributed by atoms with Crippen molar-refractivity contribution in [1.29, 1.82) is 0 Å². The molecule has 354 valence electrons. The summed E-state index contributed by atoms with van der Waals surface area (Å²) in [7, 11) is 1.51. The standard InChI is InChI=1S/C42H66N12O10/c1-6-24(4)34(39(60)51-31(20-26-21-46-22-48-26)40(61)54-17-8-10-32(54)37(58)49-29(15-18-55)41(62)63)53-36(57)30(19-25-11-13-27(64-5)14-12-25)50-38(59)33(23(2)3)52-35(56)28(43)9-7-16-47-42(44)45/h11-14,21-24,28-34,55H,6-10,15-20,43H2,1-5H3,(H,46,48)(H,49,58)(H,50,59)(H,51,60)(H,52,56)(H,53,57)(H,62,63)(H4,44,45,47)/t24-,28-,29-,30-,31-,32+,33-,34-/m0/s1. The van der Waals surface area contributed by atoms with Crippen LogP contribution in [0.25, 0.3) is 0 Å². The van der Waals surface area contributed by atoms with Gasteiger partial charge >= 0.3 is 5.97 Å². The number of aliphatic carboxylic acids is 1. The van der Waals surface area contributed by atoms with Gasteiger partial charge in [-0.25, -0.2) is 9.78 Å². The number of aliphatic hydroxyl groups excluding tert-OH is 1. The Hall–Kier alpha value is -6.29. The van der Waals surface area contributed by atoms with Crippen molar-refractivity contribution in [1.82, 2.24) is 41.5 Å². The molecule has 22 nitrogen and oxygen atoms in total. The Morgan fingerprint density at radius 2 is 1.55 bits per heavy atom. The number of benzene rings is 1. The van der Waals surface area contributed by atoms with Crippen LogP contribution in [-0.2, 0) is 46.4 Å². The van der Waals surface area contributed by atoms with Crippen LogP contribution in [0.4, 0.5) is 0 Å². The number of likely N-dealkylation sites (tertiary alicyclic amines) is 1. The van der Waals surface area contributed by atoms with Gasteiger partial charge in [-0.2, -0.15) is 0 Å². The van der Waals surface area contributed by atoms with E-state index in [0.717, 1.165) is 0 Å². The first-order chi connectivity index (χ1) is 30.4. The Morgan fingerprint density at radius 1 is 0.891 bits per heavy atom. The second-order valence-corrected chi connectivity index (χ2v) is 16.2. The molecule has 0 unspecified atom stereocenters. The number of methoxy groups -OCH3 is 1. The third kappa shape index (κ3) is 15.8. The maximum atomic E-state index is 14.4. The monoisotopic (exact) mass is 899 g/mol. The highest BCUT2D eigenvalue weighted by molar-refractivity contribution is 5.97. The van der Waals surface area contributed by atoms with Gasteiger partial charge < -0.3 is 68.6 Å². The molecular formula is C42H66N12O10. The number of nitrogens with zero attached hydrogens (tertiary/aromatic N) is 3. The van der Waals surface area contributed by atoms with Gasteiger partial charge in [0.1, 0.15) is 42.0 Å². The molecule has 2 heterocycles. The first-order valence-corrected chi connectivity index (χ1v) is 21.5. The summed E-state index contributed by atoms with van der Waals surface area (Å²) >= 11 is 0. The molecule has 0 bridgehead atoms. The number of hydrogen-bond acceptors (Lipinski definition) is 12. The van der Waals surface area contributed by atoms with Crippen LogP contribution in [0.2, 0.25) is 0 Å². The van der Waals surface area contributed by atoms with Crippen LogP contribution in [0.3, 0.4) is 0 Å². The predicted molar refractivity (Wildman–Crippen MR) is 235 cm³/mol. The van der Waals surface area contributed by atoms with Crippen molar-refractivity contribution in [2.75, 3.05) is 26.8 Å². The second kappa shape index (κ2) is 25.7. The molecule has 3 rings (SSSR count). The van der Waals surface area contributed by atoms with Gasteiger partial charge in [0, 0.05) is 50.8 Å². The van der Waals surface area contributed by atoms with E-state index in [1.165, 1.54) is 24.5 Å². The van der Waals surface area contributed by atoms with Gasteiger partial charge in [0.15, 0.2) is 5.96 Å². The van der Waals surface area contributed by atoms with E-state index < -0.39 is 102 Å². The van der Waals surface area contributed by atoms with Gasteiger partial charge in [-0.15, -0.1) is 0 Å². The van der Waals surface area contributed by atoms with E-state index in [1.807, 2.05) is 6.92 Å². The zero-order chi connectivity index (χ0) is 47.5. The number of rotatable bonds is 26. The molecule has 1 fully saturated rings. The highest BCUT2D eigenvalue weighted by Gasteiger charge is 2.40. The fourth-order valence-corrected chi connectivity index (χ4v) is 7.11. The summed E-state index contributed by atoms with van der Waals surface area (Å²) in [6.07, 6.45) is 4.25. The van der Waals surface area contributed by atoms with E-state index >= 15 is 0 Å². The zero-order valence-corrected chi connectivity index (χ0v) is 37.2. The summed E-state index contributed by atoms with van der Waals surface area (Å²) in [4.78, 5) is 107. The maximum Gasteiger partial charge on any atom is 0.326 e. The molecule has 8 atom stereocenters. The van der Waals surface area contributed by atoms with Crippen molar-refractivity contribution in [3.63, 3.8) is 0 Å². The summed E-state index contributed by atoms with van der Waals surface area (Å²) in [6, 6.07) is -1.43. The number of H-pyrrole nitrogens is 1. The molecule has 0 aliphatic carbocycles. The lowest BCUT2D eigenvalue weighted by atomic mass is 9.96. The number of guanidine groups is 1. The topological polar surface area (TPSA) is 352 Å². The molecule has 6 amide bonds. The number of carboxylic acid groups (broad SMARTS) is 1. The number of hydrogen-bond donors (Lipinski definition) is 11. The first kappa shape index (κ1) is 52.1. The zero-order valence-electron chi connectivity index (χ0n) is 37.2. The average molecular weight is 899 g/mol. The number of carboxylic acids is 1. The molecule has 1 aliphatic rings. The summed E-state index contributed by atoms with van der Waals surface area (Å²) in [5.41, 5.74) is 18.0. The van der Waals surface area contributed by atoms with Gasteiger partial charge in [0.05, 0.1) is 19.5 Å². The lowest BCUT2D eigenvalue weighted by Gasteiger charge is -2.32. The van der Waals surface area contributed by atoms with E-state index in [-0.39, 0.29) is 51.2 Å². The van der Waals surface area contributed by atoms with Crippen LogP contribution >= 0.6 is 0 Å². The molecule has 0 spiro atoms. The normalized spacial score (nSPS) is 16.8. The minimum absolute atomic E-state index is 0.0279. The molecule has 2 aromatic rings. The van der Waals surface area contributed by atoms with Crippen LogP contribution in [0.1, 0.15) is 77.5 Å². The maximum absolute atomic E-state index is 14.4. The molecule has 1 aromatic carbocycles. The lowest BCUT2D eigenvalue weighted by Crippen LogP contribution is -2.61. The van der Waals surface area contributed by atoms with Crippen LogP contribution in [0.5, 0.6) is 5.75 Å². The van der Waals surface area contributed by atoms with E-state index in [1.54, 1.807) is 45.0 Å². The van der Waals surface area contributed by atoms with Crippen LogP contribution in [0.15, 0.2) is 41.8 Å². The number of nitrogens with two attached hydrogens (primary N) is 3. The van der Waals surface area contributed by atoms with Crippen molar-refractivity contribution in [3.05, 3.63) is 48.0 Å². The molecule has 22 heteroatoms. The lowest BCUT2D eigenvalue weighted by molar-refractivity contribution is -0.145. The molecule has 1 saturated heterocycles. The Kier molecular flexibility index (Phi) is 20.9. The van der Waals surface area contributed by atoms with Gasteiger partial charge in [-0.1, -0.05) is 46.2 Å². The van der Waals surface area contributed by atoms with Crippen molar-refractivity contribution in [2.45, 2.75) is 121 Å². The fourth-order valence-electron chi connectivity index (χ4n) is 7.11. The largest absolute Gasteiger partial charge is 0.497 e. The predicted octanol–water partition coefficient (Wildman–Crippen LogP) is -1.83. The highest BCUT2D eigenvalue weighted by Crippen LogP contribution is 2.21. The average Bonchev–Trinajstić information content (AvgIpc) is 3.98. The Balaban J connectivity index is 1.89. The first-order valence-electron chi connectivity index (χ1n) is 21.5. The minimum Gasteiger partial charge on any atom is -0.497 e. The van der Waals surface area contributed by atoms with E-state index in [9.17, 15) is 43.8 Å².